The Kier molecular flexibility index (Phi) is 7.95. The van der Waals surface area contributed by atoms with Gasteiger partial charge in [-0.1, -0.05) is 24.3 Å². The van der Waals surface area contributed by atoms with Gasteiger partial charge in [-0.3, -0.25) is 4.79 Å². The van der Waals surface area contributed by atoms with E-state index in [0.29, 0.717) is 11.5 Å². The Balaban J connectivity index is 1.58. The van der Waals surface area contributed by atoms with E-state index < -0.39 is 29.8 Å². The molecular formula is C25H28N2O8. The third-order valence-corrected chi connectivity index (χ3v) is 4.88. The zero-order chi connectivity index (χ0) is 25.6. The SMILES string of the molecule is COC(=O)C(Cc1ccc(Oc2ccc(CN3C(=O)COC3=O)cc2)cc1)NC(=O)OC(C)(C)C. The first-order valence-corrected chi connectivity index (χ1v) is 10.9. The summed E-state index contributed by atoms with van der Waals surface area (Å²) in [5, 5.41) is 2.54. The number of imide groups is 1. The van der Waals surface area contributed by atoms with E-state index in [-0.39, 0.29) is 25.5 Å². The number of hydrogen-bond donors (Lipinski definition) is 1. The third-order valence-electron chi connectivity index (χ3n) is 4.88. The molecule has 0 aliphatic carbocycles. The van der Waals surface area contributed by atoms with E-state index in [1.54, 1.807) is 69.3 Å². The van der Waals surface area contributed by atoms with Crippen molar-refractivity contribution in [2.24, 2.45) is 0 Å². The summed E-state index contributed by atoms with van der Waals surface area (Å²) in [6, 6.07) is 13.1. The fraction of sp³-hybridized carbons (Fsp3) is 0.360. The van der Waals surface area contributed by atoms with Gasteiger partial charge < -0.3 is 24.3 Å². The van der Waals surface area contributed by atoms with Crippen molar-refractivity contribution in [2.75, 3.05) is 13.7 Å². The van der Waals surface area contributed by atoms with Crippen molar-refractivity contribution in [3.8, 4) is 11.5 Å². The summed E-state index contributed by atoms with van der Waals surface area (Å²) >= 11 is 0. The first-order valence-electron chi connectivity index (χ1n) is 10.9. The van der Waals surface area contributed by atoms with Crippen molar-refractivity contribution in [1.82, 2.24) is 10.2 Å². The minimum Gasteiger partial charge on any atom is -0.467 e. The summed E-state index contributed by atoms with van der Waals surface area (Å²) in [7, 11) is 1.25. The monoisotopic (exact) mass is 484 g/mol. The van der Waals surface area contributed by atoms with Crippen LogP contribution in [0.4, 0.5) is 9.59 Å². The maximum absolute atomic E-state index is 12.1. The highest BCUT2D eigenvalue weighted by Crippen LogP contribution is 2.23. The van der Waals surface area contributed by atoms with Crippen LogP contribution in [0.5, 0.6) is 11.5 Å². The lowest BCUT2D eigenvalue weighted by Crippen LogP contribution is -2.45. The minimum absolute atomic E-state index is 0.130. The summed E-state index contributed by atoms with van der Waals surface area (Å²) in [5.74, 6) is 0.177. The van der Waals surface area contributed by atoms with Gasteiger partial charge >= 0.3 is 18.2 Å². The largest absolute Gasteiger partial charge is 0.467 e. The number of ether oxygens (including phenoxy) is 4. The molecule has 0 bridgehead atoms. The molecule has 1 heterocycles. The quantitative estimate of drug-likeness (QED) is 0.446. The number of methoxy groups -OCH3 is 1. The molecule has 0 saturated carbocycles. The van der Waals surface area contributed by atoms with Crippen LogP contribution in [-0.4, -0.2) is 54.3 Å². The average Bonchev–Trinajstić information content (AvgIpc) is 3.11. The molecule has 0 aromatic heterocycles. The Labute approximate surface area is 203 Å². The molecule has 1 fully saturated rings. The summed E-state index contributed by atoms with van der Waals surface area (Å²) in [4.78, 5) is 48.5. The smallest absolute Gasteiger partial charge is 0.417 e. The van der Waals surface area contributed by atoms with Gasteiger partial charge in [-0.25, -0.2) is 19.3 Å². The van der Waals surface area contributed by atoms with Crippen LogP contribution < -0.4 is 10.1 Å². The van der Waals surface area contributed by atoms with Gasteiger partial charge in [-0.15, -0.1) is 0 Å². The number of nitrogens with one attached hydrogen (secondary N) is 1. The van der Waals surface area contributed by atoms with E-state index in [1.165, 1.54) is 7.11 Å². The average molecular weight is 485 g/mol. The van der Waals surface area contributed by atoms with Crippen molar-refractivity contribution in [2.45, 2.75) is 45.4 Å². The molecule has 1 aliphatic heterocycles. The van der Waals surface area contributed by atoms with Gasteiger partial charge in [0.25, 0.3) is 5.91 Å². The maximum atomic E-state index is 12.1. The first kappa shape index (κ1) is 25.5. The Morgan fingerprint density at radius 1 is 1.00 bits per heavy atom. The van der Waals surface area contributed by atoms with Crippen LogP contribution in [0.15, 0.2) is 48.5 Å². The summed E-state index contributed by atoms with van der Waals surface area (Å²) in [6.07, 6.45) is -1.15. The molecular weight excluding hydrogens is 456 g/mol. The number of rotatable bonds is 8. The van der Waals surface area contributed by atoms with Gasteiger partial charge in [0, 0.05) is 6.42 Å². The lowest BCUT2D eigenvalue weighted by Gasteiger charge is -2.22. The molecule has 1 aliphatic rings. The molecule has 1 saturated heterocycles. The number of nitrogens with zero attached hydrogens (tertiary/aromatic N) is 1. The maximum Gasteiger partial charge on any atom is 0.417 e. The fourth-order valence-electron chi connectivity index (χ4n) is 3.23. The lowest BCUT2D eigenvalue weighted by atomic mass is 10.1. The van der Waals surface area contributed by atoms with E-state index in [4.69, 9.17) is 18.9 Å². The Morgan fingerprint density at radius 2 is 1.57 bits per heavy atom. The molecule has 186 valence electrons. The van der Waals surface area contributed by atoms with Crippen LogP contribution in [0.25, 0.3) is 0 Å². The van der Waals surface area contributed by atoms with Gasteiger partial charge in [0.2, 0.25) is 0 Å². The molecule has 3 amide bonds. The molecule has 1 unspecified atom stereocenters. The summed E-state index contributed by atoms with van der Waals surface area (Å²) in [6.45, 7) is 5.10. The van der Waals surface area contributed by atoms with Gasteiger partial charge in [-0.05, 0) is 56.2 Å². The van der Waals surface area contributed by atoms with Crippen LogP contribution in [0.3, 0.4) is 0 Å². The predicted octanol–water partition coefficient (Wildman–Crippen LogP) is 3.57. The number of esters is 1. The third kappa shape index (κ3) is 7.46. The Bertz CT molecular complexity index is 1060. The number of cyclic esters (lactones) is 1. The number of hydrogen-bond acceptors (Lipinski definition) is 8. The number of amides is 3. The first-order chi connectivity index (χ1) is 16.5. The zero-order valence-electron chi connectivity index (χ0n) is 20.0. The summed E-state index contributed by atoms with van der Waals surface area (Å²) < 4.78 is 20.6. The van der Waals surface area contributed by atoms with E-state index in [0.717, 1.165) is 16.0 Å². The van der Waals surface area contributed by atoms with Crippen LogP contribution in [-0.2, 0) is 36.8 Å². The number of carbonyl (C=O) groups excluding carboxylic acids is 4. The second-order valence-electron chi connectivity index (χ2n) is 8.85. The molecule has 2 aromatic carbocycles. The zero-order valence-corrected chi connectivity index (χ0v) is 20.0. The Morgan fingerprint density at radius 3 is 2.06 bits per heavy atom. The molecule has 1 N–H and O–H groups in total. The highest BCUT2D eigenvalue weighted by Gasteiger charge is 2.30. The number of carbonyl (C=O) groups is 4. The lowest BCUT2D eigenvalue weighted by molar-refractivity contribution is -0.143. The van der Waals surface area contributed by atoms with Crippen LogP contribution in [0.2, 0.25) is 0 Å². The van der Waals surface area contributed by atoms with Crippen molar-refractivity contribution in [3.05, 3.63) is 59.7 Å². The molecule has 2 aromatic rings. The van der Waals surface area contributed by atoms with Crippen LogP contribution >= 0.6 is 0 Å². The summed E-state index contributed by atoms with van der Waals surface area (Å²) in [5.41, 5.74) is 0.840. The predicted molar refractivity (Wildman–Crippen MR) is 124 cm³/mol. The van der Waals surface area contributed by atoms with Gasteiger partial charge in [0.05, 0.1) is 13.7 Å². The molecule has 10 heteroatoms. The van der Waals surface area contributed by atoms with Crippen LogP contribution in [0, 0.1) is 0 Å². The molecule has 0 spiro atoms. The second-order valence-corrected chi connectivity index (χ2v) is 8.85. The highest BCUT2D eigenvalue weighted by molar-refractivity contribution is 5.97. The van der Waals surface area contributed by atoms with Crippen molar-refractivity contribution in [1.29, 1.82) is 0 Å². The van der Waals surface area contributed by atoms with E-state index in [2.05, 4.69) is 5.32 Å². The number of alkyl carbamates (subject to hydrolysis) is 1. The van der Waals surface area contributed by atoms with E-state index in [1.807, 2.05) is 0 Å². The Hall–Kier alpha value is -4.08. The number of benzene rings is 2. The van der Waals surface area contributed by atoms with Gasteiger partial charge in [0.15, 0.2) is 6.61 Å². The highest BCUT2D eigenvalue weighted by atomic mass is 16.6. The van der Waals surface area contributed by atoms with Crippen molar-refractivity contribution >= 4 is 24.1 Å². The fourth-order valence-corrected chi connectivity index (χ4v) is 3.23. The minimum atomic E-state index is -0.908. The van der Waals surface area contributed by atoms with Crippen LogP contribution in [0.1, 0.15) is 31.9 Å². The molecule has 10 nitrogen and oxygen atoms in total. The van der Waals surface area contributed by atoms with E-state index in [9.17, 15) is 19.2 Å². The van der Waals surface area contributed by atoms with Crippen molar-refractivity contribution in [3.63, 3.8) is 0 Å². The standard InChI is InChI=1S/C25H28N2O8/c1-25(2,3)35-23(30)26-20(22(29)32-4)13-16-5-9-18(10-6-16)34-19-11-7-17(8-12-19)14-27-21(28)15-33-24(27)31/h5-12,20H,13-15H2,1-4H3,(H,26,30). The normalized spacial score (nSPS) is 14.2. The van der Waals surface area contributed by atoms with Crippen molar-refractivity contribution < 1.29 is 38.1 Å². The second kappa shape index (κ2) is 10.9. The molecule has 35 heavy (non-hydrogen) atoms. The topological polar surface area (TPSA) is 120 Å². The molecule has 1 atom stereocenters. The van der Waals surface area contributed by atoms with E-state index >= 15 is 0 Å². The van der Waals surface area contributed by atoms with Gasteiger partial charge in [-0.2, -0.15) is 0 Å². The van der Waals surface area contributed by atoms with Gasteiger partial charge in [0.1, 0.15) is 23.1 Å². The molecule has 0 radical (unpaired) electrons. The molecule has 3 rings (SSSR count).